The highest BCUT2D eigenvalue weighted by Crippen LogP contribution is 2.30. The van der Waals surface area contributed by atoms with Crippen LogP contribution >= 0.6 is 11.8 Å². The topological polar surface area (TPSA) is 95.9 Å². The third-order valence-electron chi connectivity index (χ3n) is 7.27. The van der Waals surface area contributed by atoms with Crippen molar-refractivity contribution in [1.82, 2.24) is 10.2 Å². The highest BCUT2D eigenvalue weighted by atomic mass is 32.2. The number of amides is 2. The molecule has 0 spiro atoms. The van der Waals surface area contributed by atoms with Crippen LogP contribution in [0.25, 0.3) is 5.57 Å². The van der Waals surface area contributed by atoms with Gasteiger partial charge in [0, 0.05) is 12.1 Å². The number of thioether (sulfide) groups is 1. The Morgan fingerprint density at radius 3 is 2.64 bits per heavy atom. The highest BCUT2D eigenvalue weighted by Gasteiger charge is 2.30. The maximum absolute atomic E-state index is 13.2. The lowest BCUT2D eigenvalue weighted by Gasteiger charge is -2.31. The van der Waals surface area contributed by atoms with Crippen molar-refractivity contribution in [2.75, 3.05) is 31.7 Å². The van der Waals surface area contributed by atoms with Crippen LogP contribution in [-0.4, -0.2) is 65.7 Å². The smallest absolute Gasteiger partial charge is 0.410 e. The Hall–Kier alpha value is -2.48. The van der Waals surface area contributed by atoms with Gasteiger partial charge in [-0.3, -0.25) is 4.79 Å². The van der Waals surface area contributed by atoms with Crippen molar-refractivity contribution in [2.45, 2.75) is 70.8 Å². The van der Waals surface area contributed by atoms with Gasteiger partial charge in [0.05, 0.1) is 13.2 Å². The van der Waals surface area contributed by atoms with Gasteiger partial charge in [0.25, 0.3) is 0 Å². The molecule has 7 nitrogen and oxygen atoms in total. The standard InChI is InChI=1S/C28H40N2O5S/c1-20-9-6-7-13-22(20)24-19-30(28(34)35-17-8-12-21-10-4-3-5-11-21)16-14-23(24)26(31)29-25(27(32)33)15-18-36-2/h6-7,9,13,21,25H,3-5,8,10-12,14-19H2,1-2H3,(H,29,31)(H,32,33). The summed E-state index contributed by atoms with van der Waals surface area (Å²) in [4.78, 5) is 39.5. The summed E-state index contributed by atoms with van der Waals surface area (Å²) < 4.78 is 5.61. The summed E-state index contributed by atoms with van der Waals surface area (Å²) in [6.07, 6.45) is 10.8. The molecule has 2 N–H and O–H groups in total. The molecule has 1 aromatic rings. The monoisotopic (exact) mass is 516 g/mol. The Labute approximate surface area is 219 Å². The van der Waals surface area contributed by atoms with Crippen LogP contribution in [0.4, 0.5) is 4.79 Å². The number of ether oxygens (including phenoxy) is 1. The van der Waals surface area contributed by atoms with E-state index in [0.717, 1.165) is 35.5 Å². The molecule has 36 heavy (non-hydrogen) atoms. The number of carboxylic acid groups (broad SMARTS) is 1. The molecule has 0 bridgehead atoms. The number of carboxylic acids is 1. The van der Waals surface area contributed by atoms with E-state index in [4.69, 9.17) is 4.74 Å². The highest BCUT2D eigenvalue weighted by molar-refractivity contribution is 7.98. The summed E-state index contributed by atoms with van der Waals surface area (Å²) >= 11 is 1.54. The van der Waals surface area contributed by atoms with Crippen LogP contribution in [0.1, 0.15) is 68.9 Å². The first-order valence-corrected chi connectivity index (χ1v) is 14.5. The van der Waals surface area contributed by atoms with Gasteiger partial charge in [-0.15, -0.1) is 0 Å². The van der Waals surface area contributed by atoms with Gasteiger partial charge in [0.2, 0.25) is 5.91 Å². The molecular formula is C28H40N2O5S. The predicted octanol–water partition coefficient (Wildman–Crippen LogP) is 5.27. The minimum atomic E-state index is -1.04. The maximum Gasteiger partial charge on any atom is 0.410 e. The molecule has 1 aromatic carbocycles. The predicted molar refractivity (Wildman–Crippen MR) is 144 cm³/mol. The average Bonchev–Trinajstić information content (AvgIpc) is 2.89. The van der Waals surface area contributed by atoms with E-state index in [1.807, 2.05) is 37.4 Å². The molecule has 1 atom stereocenters. The number of carbonyl (C=O) groups is 3. The molecule has 2 aliphatic rings. The fourth-order valence-electron chi connectivity index (χ4n) is 5.17. The maximum atomic E-state index is 13.2. The molecule has 1 saturated carbocycles. The van der Waals surface area contributed by atoms with Crippen LogP contribution in [0, 0.1) is 12.8 Å². The van der Waals surface area contributed by atoms with Gasteiger partial charge >= 0.3 is 12.1 Å². The van der Waals surface area contributed by atoms with Gasteiger partial charge in [-0.1, -0.05) is 56.4 Å². The Kier molecular flexibility index (Phi) is 11.2. The van der Waals surface area contributed by atoms with Gasteiger partial charge in [-0.25, -0.2) is 9.59 Å². The first-order valence-electron chi connectivity index (χ1n) is 13.1. The zero-order chi connectivity index (χ0) is 25.9. The number of hydrogen-bond acceptors (Lipinski definition) is 5. The van der Waals surface area contributed by atoms with Gasteiger partial charge in [0.1, 0.15) is 6.04 Å². The number of rotatable bonds is 11. The zero-order valence-electron chi connectivity index (χ0n) is 21.6. The lowest BCUT2D eigenvalue weighted by Crippen LogP contribution is -2.44. The first-order chi connectivity index (χ1) is 17.4. The molecule has 0 saturated heterocycles. The summed E-state index contributed by atoms with van der Waals surface area (Å²) in [6, 6.07) is 6.82. The van der Waals surface area contributed by atoms with Crippen LogP contribution in [0.2, 0.25) is 0 Å². The molecule has 0 radical (unpaired) electrons. The normalized spacial score (nSPS) is 17.6. The van der Waals surface area contributed by atoms with Gasteiger partial charge in [-0.2, -0.15) is 11.8 Å². The number of nitrogens with one attached hydrogen (secondary N) is 1. The Morgan fingerprint density at radius 2 is 1.94 bits per heavy atom. The summed E-state index contributed by atoms with van der Waals surface area (Å²) in [7, 11) is 0. The minimum Gasteiger partial charge on any atom is -0.480 e. The molecule has 1 heterocycles. The van der Waals surface area contributed by atoms with E-state index in [9.17, 15) is 19.5 Å². The van der Waals surface area contributed by atoms with E-state index in [0.29, 0.717) is 37.3 Å². The number of nitrogens with zero attached hydrogens (tertiary/aromatic N) is 1. The third kappa shape index (κ3) is 8.02. The first kappa shape index (κ1) is 28.1. The van der Waals surface area contributed by atoms with Crippen molar-refractivity contribution >= 4 is 35.3 Å². The zero-order valence-corrected chi connectivity index (χ0v) is 22.4. The Balaban J connectivity index is 1.68. The largest absolute Gasteiger partial charge is 0.480 e. The van der Waals surface area contributed by atoms with Gasteiger partial charge in [0.15, 0.2) is 0 Å². The van der Waals surface area contributed by atoms with Crippen LogP contribution in [0.15, 0.2) is 29.8 Å². The number of aliphatic carboxylic acids is 1. The Morgan fingerprint density at radius 1 is 1.19 bits per heavy atom. The van der Waals surface area contributed by atoms with Gasteiger partial charge in [-0.05, 0) is 67.2 Å². The fraction of sp³-hybridized carbons (Fsp3) is 0.607. The van der Waals surface area contributed by atoms with Crippen molar-refractivity contribution in [1.29, 1.82) is 0 Å². The van der Waals surface area contributed by atoms with Gasteiger partial charge < -0.3 is 20.1 Å². The molecule has 2 amide bonds. The van der Waals surface area contributed by atoms with Crippen LogP contribution in [0.5, 0.6) is 0 Å². The Bertz CT molecular complexity index is 942. The van der Waals surface area contributed by atoms with Crippen molar-refractivity contribution in [3.8, 4) is 0 Å². The molecule has 3 rings (SSSR count). The number of aryl methyl sites for hydroxylation is 1. The van der Waals surface area contributed by atoms with E-state index >= 15 is 0 Å². The van der Waals surface area contributed by atoms with Crippen molar-refractivity contribution in [2.24, 2.45) is 5.92 Å². The summed E-state index contributed by atoms with van der Waals surface area (Å²) in [5.74, 6) is -0.0111. The fourth-order valence-corrected chi connectivity index (χ4v) is 5.64. The molecule has 8 heteroatoms. The van der Waals surface area contributed by atoms with Crippen molar-refractivity contribution in [3.05, 3.63) is 41.0 Å². The van der Waals surface area contributed by atoms with E-state index in [1.165, 1.54) is 32.1 Å². The molecular weight excluding hydrogens is 476 g/mol. The summed E-state index contributed by atoms with van der Waals surface area (Å²) in [5.41, 5.74) is 3.19. The second-order valence-electron chi connectivity index (χ2n) is 9.85. The molecule has 1 aliphatic carbocycles. The molecule has 1 fully saturated rings. The van der Waals surface area contributed by atoms with E-state index < -0.39 is 12.0 Å². The molecule has 1 unspecified atom stereocenters. The third-order valence-corrected chi connectivity index (χ3v) is 7.91. The summed E-state index contributed by atoms with van der Waals surface area (Å²) in [5, 5.41) is 12.3. The molecule has 0 aromatic heterocycles. The van der Waals surface area contributed by atoms with E-state index in [2.05, 4.69) is 5.32 Å². The number of benzene rings is 1. The lowest BCUT2D eigenvalue weighted by molar-refractivity contribution is -0.141. The van der Waals surface area contributed by atoms with Crippen molar-refractivity contribution in [3.63, 3.8) is 0 Å². The van der Waals surface area contributed by atoms with Crippen LogP contribution in [-0.2, 0) is 14.3 Å². The van der Waals surface area contributed by atoms with Crippen molar-refractivity contribution < 1.29 is 24.2 Å². The second-order valence-corrected chi connectivity index (χ2v) is 10.8. The minimum absolute atomic E-state index is 0.262. The molecule has 198 valence electrons. The lowest BCUT2D eigenvalue weighted by atomic mass is 9.86. The summed E-state index contributed by atoms with van der Waals surface area (Å²) in [6.45, 7) is 3.01. The average molecular weight is 517 g/mol. The van der Waals surface area contributed by atoms with Crippen LogP contribution < -0.4 is 5.32 Å². The van der Waals surface area contributed by atoms with E-state index in [-0.39, 0.29) is 18.5 Å². The van der Waals surface area contributed by atoms with Crippen LogP contribution in [0.3, 0.4) is 0 Å². The quantitative estimate of drug-likeness (QED) is 0.389. The van der Waals surface area contributed by atoms with E-state index in [1.54, 1.807) is 16.7 Å². The molecule has 1 aliphatic heterocycles. The number of carbonyl (C=O) groups excluding carboxylic acids is 2. The SMILES string of the molecule is CSCCC(NC(=O)C1=C(c2ccccc2C)CN(C(=O)OCCCC2CCCCC2)CC1)C(=O)O. The number of hydrogen-bond donors (Lipinski definition) is 2. The second kappa shape index (κ2) is 14.3.